The first-order valence-electron chi connectivity index (χ1n) is 6.94. The van der Waals surface area contributed by atoms with Crippen molar-refractivity contribution in [3.05, 3.63) is 28.8 Å². The highest BCUT2D eigenvalue weighted by Crippen LogP contribution is 2.22. The van der Waals surface area contributed by atoms with E-state index in [0.29, 0.717) is 11.6 Å². The molecule has 114 valence electrons. The molecule has 6 heteroatoms. The average Bonchev–Trinajstić information content (AvgIpc) is 2.47. The second-order valence-corrected chi connectivity index (χ2v) is 5.61. The fourth-order valence-corrected chi connectivity index (χ4v) is 2.60. The minimum absolute atomic E-state index is 0.0398. The number of aromatic hydroxyl groups is 1. The summed E-state index contributed by atoms with van der Waals surface area (Å²) >= 11 is 5.77. The van der Waals surface area contributed by atoms with E-state index in [-0.39, 0.29) is 29.9 Å². The summed E-state index contributed by atoms with van der Waals surface area (Å²) < 4.78 is 4.98. The van der Waals surface area contributed by atoms with Crippen LogP contribution in [-0.2, 0) is 9.53 Å². The zero-order valence-electron chi connectivity index (χ0n) is 11.8. The Morgan fingerprint density at radius 3 is 2.90 bits per heavy atom. The van der Waals surface area contributed by atoms with Crippen molar-refractivity contribution in [2.45, 2.75) is 32.2 Å². The summed E-state index contributed by atoms with van der Waals surface area (Å²) in [5, 5.41) is 9.92. The molecule has 1 aliphatic heterocycles. The molecule has 0 radical (unpaired) electrons. The molecule has 5 nitrogen and oxygen atoms in total. The summed E-state index contributed by atoms with van der Waals surface area (Å²) in [5.41, 5.74) is -0.0398. The first kappa shape index (κ1) is 15.6. The topological polar surface area (TPSA) is 66.8 Å². The number of hydrogen-bond acceptors (Lipinski definition) is 4. The number of phenolic OH excluding ortho intramolecular Hbond substituents is 1. The molecule has 0 unspecified atom stereocenters. The highest BCUT2D eigenvalue weighted by atomic mass is 35.5. The van der Waals surface area contributed by atoms with E-state index >= 15 is 0 Å². The van der Waals surface area contributed by atoms with E-state index in [0.717, 1.165) is 19.3 Å². The van der Waals surface area contributed by atoms with Crippen molar-refractivity contribution in [2.24, 2.45) is 0 Å². The summed E-state index contributed by atoms with van der Waals surface area (Å²) in [7, 11) is 0. The SMILES string of the molecule is C[C@H]1CCCCN1C(=O)COC(=O)c1cc(Cl)ccc1O. The number of carbonyl (C=O) groups is 2. The van der Waals surface area contributed by atoms with Crippen molar-refractivity contribution < 1.29 is 19.4 Å². The summed E-state index contributed by atoms with van der Waals surface area (Å²) in [4.78, 5) is 25.7. The van der Waals surface area contributed by atoms with Crippen molar-refractivity contribution in [3.63, 3.8) is 0 Å². The smallest absolute Gasteiger partial charge is 0.342 e. The second-order valence-electron chi connectivity index (χ2n) is 5.17. The lowest BCUT2D eigenvalue weighted by atomic mass is 10.0. The van der Waals surface area contributed by atoms with Crippen LogP contribution in [0.1, 0.15) is 36.5 Å². The molecule has 1 aliphatic rings. The molecule has 0 spiro atoms. The van der Waals surface area contributed by atoms with E-state index in [2.05, 4.69) is 0 Å². The molecule has 1 N–H and O–H groups in total. The Morgan fingerprint density at radius 1 is 1.43 bits per heavy atom. The number of rotatable bonds is 3. The molecule has 0 aromatic heterocycles. The lowest BCUT2D eigenvalue weighted by molar-refractivity contribution is -0.137. The van der Waals surface area contributed by atoms with Crippen molar-refractivity contribution in [1.82, 2.24) is 4.90 Å². The van der Waals surface area contributed by atoms with Gasteiger partial charge in [-0.2, -0.15) is 0 Å². The first-order valence-corrected chi connectivity index (χ1v) is 7.32. The maximum Gasteiger partial charge on any atom is 0.342 e. The second kappa shape index (κ2) is 6.80. The third kappa shape index (κ3) is 3.88. The van der Waals surface area contributed by atoms with Gasteiger partial charge in [0.2, 0.25) is 0 Å². The number of nitrogens with zero attached hydrogens (tertiary/aromatic N) is 1. The molecular formula is C15H18ClNO4. The lowest BCUT2D eigenvalue weighted by Crippen LogP contribution is -2.44. The number of phenols is 1. The fourth-order valence-electron chi connectivity index (χ4n) is 2.43. The van der Waals surface area contributed by atoms with Crippen molar-refractivity contribution in [2.75, 3.05) is 13.2 Å². The van der Waals surface area contributed by atoms with E-state index in [9.17, 15) is 14.7 Å². The number of esters is 1. The number of piperidine rings is 1. The summed E-state index contributed by atoms with van der Waals surface area (Å²) in [6.45, 7) is 2.36. The van der Waals surface area contributed by atoms with Gasteiger partial charge in [0.05, 0.1) is 0 Å². The zero-order valence-corrected chi connectivity index (χ0v) is 12.6. The van der Waals surface area contributed by atoms with Crippen LogP contribution in [0.2, 0.25) is 5.02 Å². The number of halogens is 1. The van der Waals surface area contributed by atoms with Gasteiger partial charge in [0, 0.05) is 17.6 Å². The largest absolute Gasteiger partial charge is 0.507 e. The van der Waals surface area contributed by atoms with E-state index in [1.54, 1.807) is 4.90 Å². The van der Waals surface area contributed by atoms with Gasteiger partial charge in [-0.3, -0.25) is 4.79 Å². The average molecular weight is 312 g/mol. The van der Waals surface area contributed by atoms with Crippen LogP contribution < -0.4 is 0 Å². The van der Waals surface area contributed by atoms with Crippen LogP contribution >= 0.6 is 11.6 Å². The number of amides is 1. The molecule has 0 aliphatic carbocycles. The number of likely N-dealkylation sites (tertiary alicyclic amines) is 1. The number of benzene rings is 1. The molecule has 2 rings (SSSR count). The number of ether oxygens (including phenoxy) is 1. The number of carbonyl (C=O) groups excluding carboxylic acids is 2. The van der Waals surface area contributed by atoms with Gasteiger partial charge in [0.1, 0.15) is 11.3 Å². The van der Waals surface area contributed by atoms with Gasteiger partial charge in [-0.1, -0.05) is 11.6 Å². The van der Waals surface area contributed by atoms with Gasteiger partial charge in [0.15, 0.2) is 6.61 Å². The van der Waals surface area contributed by atoms with Crippen LogP contribution in [0.25, 0.3) is 0 Å². The van der Waals surface area contributed by atoms with E-state index in [4.69, 9.17) is 16.3 Å². The molecular weight excluding hydrogens is 294 g/mol. The Bertz CT molecular complexity index is 546. The Kier molecular flexibility index (Phi) is 5.07. The van der Waals surface area contributed by atoms with Crippen LogP contribution in [0, 0.1) is 0 Å². The highest BCUT2D eigenvalue weighted by molar-refractivity contribution is 6.31. The van der Waals surface area contributed by atoms with Gasteiger partial charge in [0.25, 0.3) is 5.91 Å². The Labute approximate surface area is 128 Å². The third-order valence-electron chi connectivity index (χ3n) is 3.63. The Balaban J connectivity index is 1.94. The van der Waals surface area contributed by atoms with Gasteiger partial charge < -0.3 is 14.7 Å². The molecule has 21 heavy (non-hydrogen) atoms. The van der Waals surface area contributed by atoms with E-state index in [1.807, 2.05) is 6.92 Å². The fraction of sp³-hybridized carbons (Fsp3) is 0.467. The predicted molar refractivity (Wildman–Crippen MR) is 78.4 cm³/mol. The van der Waals surface area contributed by atoms with Crippen molar-refractivity contribution >= 4 is 23.5 Å². The molecule has 1 aromatic rings. The van der Waals surface area contributed by atoms with Crippen molar-refractivity contribution in [3.8, 4) is 5.75 Å². The van der Waals surface area contributed by atoms with Crippen LogP contribution in [-0.4, -0.2) is 41.1 Å². The quantitative estimate of drug-likeness (QED) is 0.871. The van der Waals surface area contributed by atoms with Crippen LogP contribution in [0.3, 0.4) is 0 Å². The summed E-state index contributed by atoms with van der Waals surface area (Å²) in [6, 6.07) is 4.26. The summed E-state index contributed by atoms with van der Waals surface area (Å²) in [6.07, 6.45) is 3.05. The Morgan fingerprint density at radius 2 is 2.19 bits per heavy atom. The lowest BCUT2D eigenvalue weighted by Gasteiger charge is -2.33. The van der Waals surface area contributed by atoms with Gasteiger partial charge in [-0.25, -0.2) is 4.79 Å². The maximum atomic E-state index is 12.1. The van der Waals surface area contributed by atoms with E-state index < -0.39 is 5.97 Å². The first-order chi connectivity index (χ1) is 9.99. The molecule has 1 heterocycles. The molecule has 1 aromatic carbocycles. The zero-order chi connectivity index (χ0) is 15.4. The van der Waals surface area contributed by atoms with Crippen LogP contribution in [0.15, 0.2) is 18.2 Å². The highest BCUT2D eigenvalue weighted by Gasteiger charge is 2.24. The van der Waals surface area contributed by atoms with Crippen LogP contribution in [0.5, 0.6) is 5.75 Å². The molecule has 0 saturated carbocycles. The third-order valence-corrected chi connectivity index (χ3v) is 3.86. The van der Waals surface area contributed by atoms with Gasteiger partial charge in [-0.05, 0) is 44.4 Å². The Hall–Kier alpha value is -1.75. The molecule has 0 bridgehead atoms. The monoisotopic (exact) mass is 311 g/mol. The standard InChI is InChI=1S/C15H18ClNO4/c1-10-4-2-3-7-17(10)14(19)9-21-15(20)12-8-11(16)5-6-13(12)18/h5-6,8,10,18H,2-4,7,9H2,1H3/t10-/m0/s1. The van der Waals surface area contributed by atoms with Crippen molar-refractivity contribution in [1.29, 1.82) is 0 Å². The van der Waals surface area contributed by atoms with Gasteiger partial charge >= 0.3 is 5.97 Å². The normalized spacial score (nSPS) is 18.4. The molecule has 1 saturated heterocycles. The summed E-state index contributed by atoms with van der Waals surface area (Å²) in [5.74, 6) is -1.19. The van der Waals surface area contributed by atoms with E-state index in [1.165, 1.54) is 18.2 Å². The molecule has 1 fully saturated rings. The van der Waals surface area contributed by atoms with Crippen LogP contribution in [0.4, 0.5) is 0 Å². The predicted octanol–water partition coefficient (Wildman–Crippen LogP) is 2.60. The maximum absolute atomic E-state index is 12.1. The minimum atomic E-state index is -0.756. The minimum Gasteiger partial charge on any atom is -0.507 e. The van der Waals surface area contributed by atoms with Gasteiger partial charge in [-0.15, -0.1) is 0 Å². The molecule has 1 atom stereocenters. The number of hydrogen-bond donors (Lipinski definition) is 1. The molecule has 1 amide bonds.